The fraction of sp³-hybridized carbons (Fsp3) is 0.0952. The van der Waals surface area contributed by atoms with Crippen LogP contribution in [-0.4, -0.2) is 11.0 Å². The van der Waals surface area contributed by atoms with E-state index in [1.54, 1.807) is 54.6 Å². The number of ether oxygens (including phenoxy) is 1. The van der Waals surface area contributed by atoms with E-state index < -0.39 is 5.79 Å². The van der Waals surface area contributed by atoms with Crippen molar-refractivity contribution >= 4 is 5.78 Å². The van der Waals surface area contributed by atoms with Gasteiger partial charge in [0.2, 0.25) is 0 Å². The number of hydrogen-bond donors (Lipinski definition) is 1. The van der Waals surface area contributed by atoms with Crippen LogP contribution in [0.3, 0.4) is 0 Å². The van der Waals surface area contributed by atoms with Crippen LogP contribution in [0.4, 0.5) is 0 Å². The van der Waals surface area contributed by atoms with E-state index in [0.29, 0.717) is 28.0 Å². The molecule has 4 heteroatoms. The van der Waals surface area contributed by atoms with Crippen LogP contribution < -0.4 is 4.74 Å². The Bertz CT molecular complexity index is 912. The number of fused-ring (bicyclic) bond motifs is 2. The van der Waals surface area contributed by atoms with E-state index in [2.05, 4.69) is 0 Å². The molecule has 0 bridgehead atoms. The first-order valence-electron chi connectivity index (χ1n) is 7.98. The van der Waals surface area contributed by atoms with Crippen molar-refractivity contribution in [3.05, 3.63) is 101 Å². The number of hydrogen-bond acceptors (Lipinski definition) is 4. The molecule has 124 valence electrons. The molecule has 3 aromatic rings. The van der Waals surface area contributed by atoms with Gasteiger partial charge in [0.15, 0.2) is 5.78 Å². The van der Waals surface area contributed by atoms with E-state index in [0.717, 1.165) is 5.56 Å². The van der Waals surface area contributed by atoms with Gasteiger partial charge in [-0.1, -0.05) is 66.7 Å². The third kappa shape index (κ3) is 2.27. The first kappa shape index (κ1) is 15.6. The molecule has 25 heavy (non-hydrogen) atoms. The van der Waals surface area contributed by atoms with Gasteiger partial charge in [0.05, 0.1) is 0 Å². The lowest BCUT2D eigenvalue weighted by molar-refractivity contribution is -0.373. The molecular weight excluding hydrogens is 316 g/mol. The molecular formula is C21H16O4. The summed E-state index contributed by atoms with van der Waals surface area (Å²) >= 11 is 0. The third-order valence-corrected chi connectivity index (χ3v) is 4.53. The topological polar surface area (TPSA) is 55.8 Å². The van der Waals surface area contributed by atoms with E-state index in [-0.39, 0.29) is 5.78 Å². The standard InChI is InChI=1S/C21H16O4/c1-14-8-2-7-13-19(14)24-21(25-23)17-11-5-3-9-15(17)20(22)16-10-4-6-12-18(16)21/h2-13,23H,1H3. The fourth-order valence-electron chi connectivity index (χ4n) is 3.28. The Morgan fingerprint density at radius 2 is 1.32 bits per heavy atom. The first-order chi connectivity index (χ1) is 12.2. The second-order valence-electron chi connectivity index (χ2n) is 6.00. The van der Waals surface area contributed by atoms with Crippen molar-refractivity contribution in [1.29, 1.82) is 0 Å². The highest BCUT2D eigenvalue weighted by Gasteiger charge is 2.48. The van der Waals surface area contributed by atoms with E-state index in [1.165, 1.54) is 0 Å². The quantitative estimate of drug-likeness (QED) is 0.441. The van der Waals surface area contributed by atoms with Crippen LogP contribution in [0.25, 0.3) is 0 Å². The fourth-order valence-corrected chi connectivity index (χ4v) is 3.28. The number of rotatable bonds is 3. The van der Waals surface area contributed by atoms with Crippen LogP contribution in [0.2, 0.25) is 0 Å². The highest BCUT2D eigenvalue weighted by molar-refractivity contribution is 6.12. The van der Waals surface area contributed by atoms with E-state index in [9.17, 15) is 10.1 Å². The second kappa shape index (κ2) is 5.84. The molecule has 0 unspecified atom stereocenters. The lowest BCUT2D eigenvalue weighted by Crippen LogP contribution is -2.42. The molecule has 1 aliphatic rings. The van der Waals surface area contributed by atoms with Gasteiger partial charge in [-0.2, -0.15) is 4.89 Å². The predicted octanol–water partition coefficient (Wildman–Crippen LogP) is 4.31. The molecule has 0 radical (unpaired) electrons. The molecule has 0 amide bonds. The summed E-state index contributed by atoms with van der Waals surface area (Å²) in [7, 11) is 0. The third-order valence-electron chi connectivity index (χ3n) is 4.53. The van der Waals surface area contributed by atoms with Gasteiger partial charge in [-0.15, -0.1) is 0 Å². The molecule has 0 aliphatic heterocycles. The van der Waals surface area contributed by atoms with Crippen LogP contribution in [0, 0.1) is 6.92 Å². The maximum atomic E-state index is 12.8. The molecule has 0 saturated carbocycles. The van der Waals surface area contributed by atoms with Gasteiger partial charge in [-0.25, -0.2) is 5.26 Å². The van der Waals surface area contributed by atoms with Crippen LogP contribution in [0.1, 0.15) is 32.6 Å². The van der Waals surface area contributed by atoms with Crippen molar-refractivity contribution in [2.75, 3.05) is 0 Å². The number of ketones is 1. The molecule has 0 spiro atoms. The number of benzene rings is 3. The van der Waals surface area contributed by atoms with Gasteiger partial charge < -0.3 is 4.74 Å². The molecule has 0 saturated heterocycles. The molecule has 4 nitrogen and oxygen atoms in total. The summed E-state index contributed by atoms with van der Waals surface area (Å²) < 4.78 is 6.20. The number of para-hydroxylation sites is 1. The first-order valence-corrected chi connectivity index (χ1v) is 7.98. The van der Waals surface area contributed by atoms with E-state index in [4.69, 9.17) is 9.62 Å². The Morgan fingerprint density at radius 1 is 0.800 bits per heavy atom. The number of carbonyl (C=O) groups excluding carboxylic acids is 1. The second-order valence-corrected chi connectivity index (χ2v) is 6.00. The largest absolute Gasteiger partial charge is 0.451 e. The number of carbonyl (C=O) groups is 1. The molecule has 3 aromatic carbocycles. The monoisotopic (exact) mass is 332 g/mol. The lowest BCUT2D eigenvalue weighted by atomic mass is 9.80. The Kier molecular flexibility index (Phi) is 3.64. The minimum absolute atomic E-state index is 0.118. The number of aryl methyl sites for hydroxylation is 1. The lowest BCUT2D eigenvalue weighted by Gasteiger charge is -2.37. The normalized spacial score (nSPS) is 14.6. The minimum atomic E-state index is -1.60. The van der Waals surface area contributed by atoms with Gasteiger partial charge in [-0.05, 0) is 18.6 Å². The Labute approximate surface area is 145 Å². The van der Waals surface area contributed by atoms with Crippen LogP contribution >= 0.6 is 0 Å². The minimum Gasteiger partial charge on any atom is -0.451 e. The summed E-state index contributed by atoms with van der Waals surface area (Å²) in [5.74, 6) is -1.16. The smallest absolute Gasteiger partial charge is 0.294 e. The van der Waals surface area contributed by atoms with Crippen LogP contribution in [-0.2, 0) is 10.7 Å². The maximum Gasteiger partial charge on any atom is 0.294 e. The van der Waals surface area contributed by atoms with Crippen molar-refractivity contribution in [3.63, 3.8) is 0 Å². The zero-order valence-corrected chi connectivity index (χ0v) is 13.6. The van der Waals surface area contributed by atoms with Crippen molar-refractivity contribution in [2.24, 2.45) is 0 Å². The van der Waals surface area contributed by atoms with Gasteiger partial charge in [-0.3, -0.25) is 4.79 Å². The van der Waals surface area contributed by atoms with Gasteiger partial charge in [0, 0.05) is 22.3 Å². The zero-order chi connectivity index (χ0) is 17.4. The van der Waals surface area contributed by atoms with Crippen LogP contribution in [0.5, 0.6) is 5.75 Å². The molecule has 4 rings (SSSR count). The zero-order valence-electron chi connectivity index (χ0n) is 13.6. The molecule has 0 atom stereocenters. The van der Waals surface area contributed by atoms with Gasteiger partial charge >= 0.3 is 0 Å². The van der Waals surface area contributed by atoms with Crippen molar-refractivity contribution in [2.45, 2.75) is 12.7 Å². The highest BCUT2D eigenvalue weighted by Crippen LogP contribution is 2.43. The summed E-state index contributed by atoms with van der Waals surface area (Å²) in [4.78, 5) is 17.8. The SMILES string of the molecule is Cc1ccccc1OC1(OO)c2ccccc2C(=O)c2ccccc21. The molecule has 1 aliphatic carbocycles. The molecule has 0 heterocycles. The van der Waals surface area contributed by atoms with E-state index in [1.807, 2.05) is 25.1 Å². The van der Waals surface area contributed by atoms with Crippen LogP contribution in [0.15, 0.2) is 72.8 Å². The summed E-state index contributed by atoms with van der Waals surface area (Å²) in [6.07, 6.45) is 0. The Balaban J connectivity index is 2.00. The average Bonchev–Trinajstić information content (AvgIpc) is 2.67. The summed E-state index contributed by atoms with van der Waals surface area (Å²) in [6.45, 7) is 1.91. The van der Waals surface area contributed by atoms with Crippen molar-refractivity contribution in [3.8, 4) is 5.75 Å². The van der Waals surface area contributed by atoms with Crippen molar-refractivity contribution < 1.29 is 19.7 Å². The Morgan fingerprint density at radius 3 is 1.88 bits per heavy atom. The van der Waals surface area contributed by atoms with Crippen molar-refractivity contribution in [1.82, 2.24) is 0 Å². The summed E-state index contributed by atoms with van der Waals surface area (Å²) in [5, 5.41) is 9.94. The predicted molar refractivity (Wildman–Crippen MR) is 92.6 cm³/mol. The summed E-state index contributed by atoms with van der Waals surface area (Å²) in [6, 6.07) is 21.5. The molecule has 0 fully saturated rings. The molecule has 0 aromatic heterocycles. The van der Waals surface area contributed by atoms with Gasteiger partial charge in [0.1, 0.15) is 5.75 Å². The summed E-state index contributed by atoms with van der Waals surface area (Å²) in [5.41, 5.74) is 2.74. The van der Waals surface area contributed by atoms with E-state index >= 15 is 0 Å². The highest BCUT2D eigenvalue weighted by atomic mass is 17.1. The molecule has 1 N–H and O–H groups in total. The van der Waals surface area contributed by atoms with Gasteiger partial charge in [0.25, 0.3) is 5.79 Å². The average molecular weight is 332 g/mol. The Hall–Kier alpha value is -2.95. The maximum absolute atomic E-state index is 12.8.